The topological polar surface area (TPSA) is 290 Å². The third-order valence-corrected chi connectivity index (χ3v) is 17.1. The normalized spacial score (nSPS) is 22.1. The van der Waals surface area contributed by atoms with Gasteiger partial charge in [0, 0.05) is 102 Å². The van der Waals surface area contributed by atoms with Crippen molar-refractivity contribution in [1.29, 1.82) is 0 Å². The van der Waals surface area contributed by atoms with Crippen LogP contribution >= 0.6 is 23.5 Å². The Hall–Kier alpha value is -7.76. The number of nitrogens with two attached hydrogens (primary N) is 1. The lowest BCUT2D eigenvalue weighted by molar-refractivity contribution is -0.142. The van der Waals surface area contributed by atoms with E-state index in [2.05, 4.69) is 47.9 Å². The molecule has 1 fully saturated rings. The molecular weight excluding hydrogens is 1120 g/mol. The molecule has 19 nitrogen and oxygen atoms in total. The maximum Gasteiger partial charge on any atom is 0.246 e. The summed E-state index contributed by atoms with van der Waals surface area (Å²) in [5.74, 6) is -4.75. The van der Waals surface area contributed by atoms with Crippen molar-refractivity contribution in [3.8, 4) is 5.75 Å². The number of aromatic nitrogens is 2. The molecule has 4 aromatic carbocycles. The highest BCUT2D eigenvalue weighted by Gasteiger charge is 2.40. The molecule has 11 N–H and O–H groups in total. The van der Waals surface area contributed by atoms with Crippen LogP contribution in [0.1, 0.15) is 79.7 Å². The SMILES string of the molecule is C[C@@H]1NC(=O)[C@@H]2CCCN2C(=O)[C@H](Cc2c[nH]c3ccc(F)cc23)NC(=O)[C@H](Cc2c[nH]c3ccc(F)cc23)CC(=O)CNC(=O)[C@H](CCCCN)NC(=O)CCSCc2cccc(c2)CSCCNC(=O)[C@H](Cc2ccc(O)cc2)NC1=O. The van der Waals surface area contributed by atoms with Gasteiger partial charge in [0.25, 0.3) is 0 Å². The lowest BCUT2D eigenvalue weighted by atomic mass is 9.92. The van der Waals surface area contributed by atoms with E-state index in [9.17, 15) is 47.4 Å². The van der Waals surface area contributed by atoms with Gasteiger partial charge in [0.15, 0.2) is 5.78 Å². The molecule has 2 aromatic heterocycles. The lowest BCUT2D eigenvalue weighted by Crippen LogP contribution is -2.58. The van der Waals surface area contributed by atoms with E-state index in [0.29, 0.717) is 87.3 Å². The number of fused-ring (bicyclic) bond motifs is 5. The molecule has 2 aliphatic rings. The fraction of sp³-hybridized carbons (Fsp3) is 0.410. The van der Waals surface area contributed by atoms with Crippen LogP contribution in [0.25, 0.3) is 21.8 Å². The fourth-order valence-corrected chi connectivity index (χ4v) is 12.2. The minimum Gasteiger partial charge on any atom is -0.508 e. The molecule has 7 amide bonds. The zero-order valence-corrected chi connectivity index (χ0v) is 48.4. The van der Waals surface area contributed by atoms with E-state index in [-0.39, 0.29) is 63.3 Å². The maximum atomic E-state index is 15.1. The number of halogens is 2. The van der Waals surface area contributed by atoms with Crippen LogP contribution in [0.2, 0.25) is 0 Å². The molecule has 2 bridgehead atoms. The van der Waals surface area contributed by atoms with Gasteiger partial charge in [0.1, 0.15) is 47.6 Å². The van der Waals surface area contributed by atoms with E-state index in [1.54, 1.807) is 48.1 Å². The predicted molar refractivity (Wildman–Crippen MR) is 319 cm³/mol. The summed E-state index contributed by atoms with van der Waals surface area (Å²) in [6.45, 7) is 1.67. The Labute approximate surface area is 493 Å². The Morgan fingerprint density at radius 3 is 1.98 bits per heavy atom. The zero-order valence-electron chi connectivity index (χ0n) is 46.7. The summed E-state index contributed by atoms with van der Waals surface area (Å²) in [6.07, 6.45) is 4.51. The van der Waals surface area contributed by atoms with Crippen LogP contribution in [0.5, 0.6) is 5.75 Å². The Morgan fingerprint density at radius 1 is 0.655 bits per heavy atom. The van der Waals surface area contributed by atoms with Gasteiger partial charge in [-0.1, -0.05) is 36.4 Å². The van der Waals surface area contributed by atoms with Crippen molar-refractivity contribution < 1.29 is 52.2 Å². The van der Waals surface area contributed by atoms with Crippen molar-refractivity contribution in [3.05, 3.63) is 137 Å². The van der Waals surface area contributed by atoms with Crippen LogP contribution in [-0.4, -0.2) is 135 Å². The molecule has 6 aromatic rings. The third-order valence-electron chi connectivity index (χ3n) is 15.0. The van der Waals surface area contributed by atoms with Crippen molar-refractivity contribution in [2.75, 3.05) is 37.7 Å². The van der Waals surface area contributed by atoms with Crippen LogP contribution < -0.4 is 37.6 Å². The van der Waals surface area contributed by atoms with Gasteiger partial charge in [-0.2, -0.15) is 23.5 Å². The van der Waals surface area contributed by atoms with Crippen molar-refractivity contribution in [2.24, 2.45) is 11.7 Å². The second kappa shape index (κ2) is 30.2. The lowest BCUT2D eigenvalue weighted by Gasteiger charge is -2.30. The number of nitrogens with one attached hydrogen (secondary N) is 8. The number of hydrogen-bond acceptors (Lipinski definition) is 12. The largest absolute Gasteiger partial charge is 0.508 e. The molecule has 8 rings (SSSR count). The number of ketones is 1. The van der Waals surface area contributed by atoms with E-state index in [4.69, 9.17) is 5.73 Å². The van der Waals surface area contributed by atoms with Gasteiger partial charge in [-0.3, -0.25) is 38.4 Å². The fourth-order valence-electron chi connectivity index (χ4n) is 10.5. The minimum absolute atomic E-state index is 0.0231. The second-order valence-electron chi connectivity index (χ2n) is 21.4. The number of H-pyrrole nitrogens is 2. The quantitative estimate of drug-likeness (QED) is 0.0801. The number of hydrogen-bond donors (Lipinski definition) is 10. The number of aromatic hydroxyl groups is 1. The predicted octanol–water partition coefficient (Wildman–Crippen LogP) is 5.12. The molecule has 0 unspecified atom stereocenters. The molecule has 84 heavy (non-hydrogen) atoms. The van der Waals surface area contributed by atoms with Crippen LogP contribution in [0.4, 0.5) is 8.78 Å². The third kappa shape index (κ3) is 17.4. The molecule has 1 saturated heterocycles. The number of amides is 7. The average molecular weight is 1190 g/mol. The van der Waals surface area contributed by atoms with E-state index < -0.39 is 102 Å². The maximum absolute atomic E-state index is 15.1. The molecule has 0 spiro atoms. The van der Waals surface area contributed by atoms with Gasteiger partial charge in [-0.25, -0.2) is 8.78 Å². The first-order valence-electron chi connectivity index (χ1n) is 28.3. The first-order chi connectivity index (χ1) is 40.5. The van der Waals surface area contributed by atoms with Crippen LogP contribution in [0, 0.1) is 17.6 Å². The average Bonchev–Trinajstić information content (AvgIpc) is 3.40. The van der Waals surface area contributed by atoms with Gasteiger partial charge in [0.05, 0.1) is 6.54 Å². The Bertz CT molecular complexity index is 3320. The van der Waals surface area contributed by atoms with Gasteiger partial charge in [0.2, 0.25) is 41.4 Å². The van der Waals surface area contributed by atoms with E-state index >= 15 is 4.79 Å². The van der Waals surface area contributed by atoms with Crippen molar-refractivity contribution >= 4 is 92.5 Å². The molecule has 4 heterocycles. The first-order valence-corrected chi connectivity index (χ1v) is 30.6. The van der Waals surface area contributed by atoms with Crippen LogP contribution in [0.15, 0.2) is 97.3 Å². The standard InChI is InChI=1S/C61H72F2N10O9S2/c1-36-56(77)71-52(25-37-10-14-45(74)15-11-37)59(80)65-20-23-84-35-39-7-4-6-38(24-39)34-83-22-18-55(76)70-51(8-2-3-19-64)58(79)68-33-46(75)27-40(26-41-31-66-49-16-12-43(62)29-47(41)49)57(78)72-53(61(82)73-21-5-9-54(73)60(81)69-36)28-42-32-67-50-17-13-44(63)30-48(42)50/h4,6-7,10-17,24,29-32,36,40,51-54,66-67,74H,2-3,5,8-9,18-23,25-28,33-35,64H2,1H3,(H,65,80)(H,68,79)(H,69,81)(H,70,76)(H,71,77)(H,72,78)/t36-,40+,51-,52-,53-,54-/m0/s1. The number of carbonyl (C=O) groups is 8. The monoisotopic (exact) mass is 1190 g/mol. The summed E-state index contributed by atoms with van der Waals surface area (Å²) >= 11 is 3.16. The first kappa shape index (κ1) is 62.3. The van der Waals surface area contributed by atoms with Gasteiger partial charge >= 0.3 is 0 Å². The molecule has 6 atom stereocenters. The smallest absolute Gasteiger partial charge is 0.246 e. The molecule has 446 valence electrons. The van der Waals surface area contributed by atoms with Gasteiger partial charge in [-0.05, 0) is 128 Å². The summed E-state index contributed by atoms with van der Waals surface area (Å²) in [5.41, 5.74) is 10.6. The van der Waals surface area contributed by atoms with Crippen LogP contribution in [-0.2, 0) is 69.1 Å². The number of rotatable bonds is 10. The highest BCUT2D eigenvalue weighted by atomic mass is 32.2. The summed E-state index contributed by atoms with van der Waals surface area (Å²) in [7, 11) is 0. The molecule has 0 aliphatic carbocycles. The Kier molecular flexibility index (Phi) is 22.4. The molecule has 0 saturated carbocycles. The number of carbonyl (C=O) groups excluding carboxylic acids is 8. The van der Waals surface area contributed by atoms with Crippen molar-refractivity contribution in [3.63, 3.8) is 0 Å². The highest BCUT2D eigenvalue weighted by molar-refractivity contribution is 7.98. The second-order valence-corrected chi connectivity index (χ2v) is 23.6. The zero-order chi connectivity index (χ0) is 59.7. The number of nitrogens with zero attached hydrogens (tertiary/aromatic N) is 1. The Morgan fingerprint density at radius 2 is 1.30 bits per heavy atom. The number of unbranched alkanes of at least 4 members (excludes halogenated alkanes) is 1. The number of phenols is 1. The number of thioether (sulfide) groups is 2. The highest BCUT2D eigenvalue weighted by Crippen LogP contribution is 2.27. The number of Topliss-reactive ketones (excluding diaryl/α,β-unsaturated/α-hetero) is 1. The molecule has 0 radical (unpaired) electrons. The molecule has 2 aliphatic heterocycles. The van der Waals surface area contributed by atoms with Crippen molar-refractivity contribution in [1.82, 2.24) is 46.8 Å². The van der Waals surface area contributed by atoms with E-state index in [1.807, 2.05) is 18.2 Å². The van der Waals surface area contributed by atoms with E-state index in [1.165, 1.54) is 60.4 Å². The summed E-state index contributed by atoms with van der Waals surface area (Å²) in [6, 6.07) is 16.7. The summed E-state index contributed by atoms with van der Waals surface area (Å²) in [4.78, 5) is 121. The molecule has 23 heteroatoms. The number of benzene rings is 4. The summed E-state index contributed by atoms with van der Waals surface area (Å²) < 4.78 is 29.5. The van der Waals surface area contributed by atoms with Crippen molar-refractivity contribution in [2.45, 2.75) is 113 Å². The Balaban J connectivity index is 1.07. The number of aromatic amines is 2. The van der Waals surface area contributed by atoms with Crippen LogP contribution in [0.3, 0.4) is 0 Å². The minimum atomic E-state index is -1.41. The van der Waals surface area contributed by atoms with Gasteiger partial charge < -0.3 is 57.6 Å². The summed E-state index contributed by atoms with van der Waals surface area (Å²) in [5, 5.41) is 27.6. The van der Waals surface area contributed by atoms with Gasteiger partial charge in [-0.15, -0.1) is 0 Å². The number of phenolic OH excluding ortho intramolecular Hbond substituents is 1. The van der Waals surface area contributed by atoms with E-state index in [0.717, 1.165) is 11.1 Å². The molecular formula is C61H72F2N10O9S2.